The molecule has 0 saturated heterocycles. The van der Waals surface area contributed by atoms with Crippen LogP contribution in [0.2, 0.25) is 0 Å². The van der Waals surface area contributed by atoms with Crippen molar-refractivity contribution in [1.82, 2.24) is 5.32 Å². The Morgan fingerprint density at radius 2 is 2.31 bits per heavy atom. The Morgan fingerprint density at radius 1 is 1.54 bits per heavy atom. The predicted octanol–water partition coefficient (Wildman–Crippen LogP) is 1.50. The number of unbranched alkanes of at least 4 members (excludes halogenated alkanes) is 2. The molecule has 13 heavy (non-hydrogen) atoms. The summed E-state index contributed by atoms with van der Waals surface area (Å²) in [6.45, 7) is 6.95. The molecule has 0 radical (unpaired) electrons. The summed E-state index contributed by atoms with van der Waals surface area (Å²) in [6, 6.07) is 0. The lowest BCUT2D eigenvalue weighted by Gasteiger charge is -2.03. The third-order valence-electron chi connectivity index (χ3n) is 1.57. The van der Waals surface area contributed by atoms with Crippen LogP contribution in [0.5, 0.6) is 0 Å². The number of carbonyl (C=O) groups excluding carboxylic acids is 1. The molecule has 1 N–H and O–H groups in total. The predicted molar refractivity (Wildman–Crippen MR) is 53.6 cm³/mol. The summed E-state index contributed by atoms with van der Waals surface area (Å²) < 4.78 is 4.97. The van der Waals surface area contributed by atoms with Crippen molar-refractivity contribution >= 4 is 5.91 Å². The summed E-state index contributed by atoms with van der Waals surface area (Å²) in [6.07, 6.45) is 5.00. The summed E-state index contributed by atoms with van der Waals surface area (Å²) in [7, 11) is 0. The van der Waals surface area contributed by atoms with E-state index in [0.717, 1.165) is 19.4 Å². The first-order chi connectivity index (χ1) is 6.31. The first kappa shape index (κ1) is 12.2. The molecule has 1 amide bonds. The fraction of sp³-hybridized carbons (Fsp3) is 0.700. The summed E-state index contributed by atoms with van der Waals surface area (Å²) in [5, 5.41) is 2.78. The van der Waals surface area contributed by atoms with Crippen LogP contribution in [0.25, 0.3) is 0 Å². The average Bonchev–Trinajstić information content (AvgIpc) is 2.13. The largest absolute Gasteiger partial charge is 0.368 e. The summed E-state index contributed by atoms with van der Waals surface area (Å²) in [5.74, 6) is -0.0436. The highest BCUT2D eigenvalue weighted by atomic mass is 16.5. The Kier molecular flexibility index (Phi) is 8.67. The zero-order valence-electron chi connectivity index (χ0n) is 8.34. The highest BCUT2D eigenvalue weighted by Gasteiger charge is 1.98. The zero-order chi connectivity index (χ0) is 9.94. The quantitative estimate of drug-likeness (QED) is 0.459. The molecule has 0 unspecified atom stereocenters. The van der Waals surface area contributed by atoms with Gasteiger partial charge in [-0.2, -0.15) is 0 Å². The van der Waals surface area contributed by atoms with Crippen LogP contribution in [0.3, 0.4) is 0 Å². The van der Waals surface area contributed by atoms with E-state index in [1.165, 1.54) is 6.42 Å². The number of amides is 1. The van der Waals surface area contributed by atoms with Crippen molar-refractivity contribution in [2.45, 2.75) is 26.2 Å². The number of ether oxygens (including phenoxy) is 1. The van der Waals surface area contributed by atoms with Gasteiger partial charge in [-0.3, -0.25) is 4.79 Å². The first-order valence-corrected chi connectivity index (χ1v) is 4.76. The molecule has 0 aliphatic heterocycles. The van der Waals surface area contributed by atoms with Gasteiger partial charge in [0.05, 0.1) is 6.61 Å². The van der Waals surface area contributed by atoms with Gasteiger partial charge in [-0.25, -0.2) is 0 Å². The molecule has 0 aliphatic carbocycles. The molecule has 0 saturated carbocycles. The molecule has 0 rings (SSSR count). The Hall–Kier alpha value is -0.830. The highest BCUT2D eigenvalue weighted by Crippen LogP contribution is 1.90. The molecule has 0 fully saturated rings. The van der Waals surface area contributed by atoms with Crippen LogP contribution in [0.4, 0.5) is 0 Å². The molecule has 0 bridgehead atoms. The van der Waals surface area contributed by atoms with E-state index in [-0.39, 0.29) is 12.5 Å². The van der Waals surface area contributed by atoms with Crippen molar-refractivity contribution in [2.75, 3.05) is 19.8 Å². The van der Waals surface area contributed by atoms with E-state index in [2.05, 4.69) is 18.8 Å². The van der Waals surface area contributed by atoms with E-state index >= 15 is 0 Å². The van der Waals surface area contributed by atoms with Gasteiger partial charge in [-0.05, 0) is 6.42 Å². The minimum Gasteiger partial charge on any atom is -0.368 e. The van der Waals surface area contributed by atoms with Gasteiger partial charge in [0.15, 0.2) is 0 Å². The minimum absolute atomic E-state index is 0.0436. The molecule has 3 nitrogen and oxygen atoms in total. The van der Waals surface area contributed by atoms with Crippen LogP contribution >= 0.6 is 0 Å². The van der Waals surface area contributed by atoms with Gasteiger partial charge in [0, 0.05) is 6.54 Å². The van der Waals surface area contributed by atoms with E-state index in [9.17, 15) is 4.79 Å². The van der Waals surface area contributed by atoms with E-state index in [0.29, 0.717) is 6.61 Å². The molecule has 0 heterocycles. The second kappa shape index (κ2) is 9.26. The minimum atomic E-state index is -0.0436. The lowest BCUT2D eigenvalue weighted by molar-refractivity contribution is -0.125. The van der Waals surface area contributed by atoms with Crippen molar-refractivity contribution in [3.8, 4) is 0 Å². The third kappa shape index (κ3) is 9.08. The van der Waals surface area contributed by atoms with Crippen molar-refractivity contribution in [1.29, 1.82) is 0 Å². The maximum atomic E-state index is 11.0. The van der Waals surface area contributed by atoms with Crippen molar-refractivity contribution < 1.29 is 9.53 Å². The zero-order valence-corrected chi connectivity index (χ0v) is 8.34. The molecule has 0 spiro atoms. The number of nitrogens with one attached hydrogen (secondary N) is 1. The second-order valence-electron chi connectivity index (χ2n) is 2.86. The Labute approximate surface area is 80.2 Å². The fourth-order valence-electron chi connectivity index (χ4n) is 0.889. The van der Waals surface area contributed by atoms with Crippen molar-refractivity contribution in [3.05, 3.63) is 12.7 Å². The van der Waals surface area contributed by atoms with E-state index < -0.39 is 0 Å². The third-order valence-corrected chi connectivity index (χ3v) is 1.57. The standard InChI is InChI=1S/C10H19NO2/c1-3-5-6-7-11-10(12)9-13-8-4-2/h4H,2-3,5-9H2,1H3,(H,11,12). The van der Waals surface area contributed by atoms with Crippen LogP contribution in [0.15, 0.2) is 12.7 Å². The fourth-order valence-corrected chi connectivity index (χ4v) is 0.889. The van der Waals surface area contributed by atoms with Crippen LogP contribution in [0.1, 0.15) is 26.2 Å². The molecule has 0 atom stereocenters. The SMILES string of the molecule is C=CCOCC(=O)NCCCCC. The van der Waals surface area contributed by atoms with E-state index in [1.54, 1.807) is 6.08 Å². The van der Waals surface area contributed by atoms with Gasteiger partial charge < -0.3 is 10.1 Å². The number of hydrogen-bond donors (Lipinski definition) is 1. The summed E-state index contributed by atoms with van der Waals surface area (Å²) >= 11 is 0. The second-order valence-corrected chi connectivity index (χ2v) is 2.86. The smallest absolute Gasteiger partial charge is 0.246 e. The topological polar surface area (TPSA) is 38.3 Å². The average molecular weight is 185 g/mol. The van der Waals surface area contributed by atoms with Gasteiger partial charge in [0.25, 0.3) is 0 Å². The van der Waals surface area contributed by atoms with Crippen molar-refractivity contribution in [2.24, 2.45) is 0 Å². The maximum Gasteiger partial charge on any atom is 0.246 e. The van der Waals surface area contributed by atoms with Gasteiger partial charge in [0.2, 0.25) is 5.91 Å². The molecule has 0 aliphatic rings. The maximum absolute atomic E-state index is 11.0. The van der Waals surface area contributed by atoms with Gasteiger partial charge in [0.1, 0.15) is 6.61 Å². The monoisotopic (exact) mass is 185 g/mol. The number of rotatable bonds is 8. The Bertz CT molecular complexity index is 146. The Morgan fingerprint density at radius 3 is 2.92 bits per heavy atom. The Balaban J connectivity index is 3.15. The normalized spacial score (nSPS) is 9.62. The lowest BCUT2D eigenvalue weighted by Crippen LogP contribution is -2.28. The lowest BCUT2D eigenvalue weighted by atomic mass is 10.2. The van der Waals surface area contributed by atoms with Gasteiger partial charge in [-0.1, -0.05) is 25.8 Å². The number of carbonyl (C=O) groups is 1. The van der Waals surface area contributed by atoms with Crippen LogP contribution < -0.4 is 5.32 Å². The van der Waals surface area contributed by atoms with Gasteiger partial charge >= 0.3 is 0 Å². The highest BCUT2D eigenvalue weighted by molar-refractivity contribution is 5.77. The first-order valence-electron chi connectivity index (χ1n) is 4.76. The van der Waals surface area contributed by atoms with Crippen molar-refractivity contribution in [3.63, 3.8) is 0 Å². The number of hydrogen-bond acceptors (Lipinski definition) is 2. The molecule has 0 aromatic rings. The van der Waals surface area contributed by atoms with Crippen LogP contribution in [-0.4, -0.2) is 25.7 Å². The molecular formula is C10H19NO2. The molecule has 76 valence electrons. The van der Waals surface area contributed by atoms with E-state index in [4.69, 9.17) is 4.74 Å². The molecule has 0 aromatic carbocycles. The van der Waals surface area contributed by atoms with E-state index in [1.807, 2.05) is 0 Å². The van der Waals surface area contributed by atoms with Crippen LogP contribution in [0, 0.1) is 0 Å². The van der Waals surface area contributed by atoms with Crippen LogP contribution in [-0.2, 0) is 9.53 Å². The summed E-state index contributed by atoms with van der Waals surface area (Å²) in [4.78, 5) is 11.0. The van der Waals surface area contributed by atoms with Gasteiger partial charge in [-0.15, -0.1) is 6.58 Å². The molecular weight excluding hydrogens is 166 g/mol. The molecule has 0 aromatic heterocycles. The molecule has 3 heteroatoms. The summed E-state index contributed by atoms with van der Waals surface area (Å²) in [5.41, 5.74) is 0.